The van der Waals surface area contributed by atoms with Crippen LogP contribution in [-0.2, 0) is 12.8 Å². The van der Waals surface area contributed by atoms with E-state index in [1.54, 1.807) is 7.11 Å². The Balaban J connectivity index is 2.20. The minimum absolute atomic E-state index is 0.0436. The lowest BCUT2D eigenvalue weighted by Crippen LogP contribution is -2.45. The molecule has 1 aliphatic rings. The van der Waals surface area contributed by atoms with Gasteiger partial charge in [0.25, 0.3) is 0 Å². The Morgan fingerprint density at radius 1 is 1.43 bits per heavy atom. The number of benzene rings is 1. The third-order valence-electron chi connectivity index (χ3n) is 4.52. The van der Waals surface area contributed by atoms with Crippen molar-refractivity contribution in [3.8, 4) is 11.8 Å². The van der Waals surface area contributed by atoms with Gasteiger partial charge in [0.05, 0.1) is 19.2 Å². The van der Waals surface area contributed by atoms with Crippen molar-refractivity contribution in [2.45, 2.75) is 58.0 Å². The van der Waals surface area contributed by atoms with E-state index < -0.39 is 0 Å². The van der Waals surface area contributed by atoms with Gasteiger partial charge in [-0.3, -0.25) is 4.90 Å². The summed E-state index contributed by atoms with van der Waals surface area (Å²) in [5.41, 5.74) is 2.75. The molecule has 2 atom stereocenters. The molecule has 114 valence electrons. The first-order valence-corrected chi connectivity index (χ1v) is 8.05. The van der Waals surface area contributed by atoms with E-state index in [4.69, 9.17) is 4.74 Å². The summed E-state index contributed by atoms with van der Waals surface area (Å²) in [6.07, 6.45) is 5.19. The number of hydrogen-bond acceptors (Lipinski definition) is 3. The zero-order valence-electron chi connectivity index (χ0n) is 13.4. The van der Waals surface area contributed by atoms with Gasteiger partial charge in [0, 0.05) is 6.04 Å². The summed E-state index contributed by atoms with van der Waals surface area (Å²) in [6.45, 7) is 5.31. The number of ether oxygens (including phenoxy) is 1. The highest BCUT2D eigenvalue weighted by molar-refractivity contribution is 5.42. The molecule has 0 spiro atoms. The molecule has 3 nitrogen and oxygen atoms in total. The molecule has 0 bridgehead atoms. The van der Waals surface area contributed by atoms with Gasteiger partial charge in [0.15, 0.2) is 0 Å². The molecule has 2 rings (SSSR count). The molecule has 0 amide bonds. The maximum absolute atomic E-state index is 9.42. The van der Waals surface area contributed by atoms with Crippen molar-refractivity contribution < 1.29 is 4.74 Å². The molecule has 0 saturated carbocycles. The third kappa shape index (κ3) is 3.39. The van der Waals surface area contributed by atoms with Crippen molar-refractivity contribution >= 4 is 0 Å². The van der Waals surface area contributed by atoms with Crippen LogP contribution in [0.15, 0.2) is 18.2 Å². The molecular formula is C18H26N2O. The Bertz CT molecular complexity index is 506. The summed E-state index contributed by atoms with van der Waals surface area (Å²) in [5, 5.41) is 9.42. The fourth-order valence-electron chi connectivity index (χ4n) is 3.48. The molecule has 0 aliphatic heterocycles. The Hall–Kier alpha value is -1.53. The number of rotatable bonds is 6. The monoisotopic (exact) mass is 286 g/mol. The lowest BCUT2D eigenvalue weighted by Gasteiger charge is -2.37. The molecular weight excluding hydrogens is 260 g/mol. The van der Waals surface area contributed by atoms with Crippen LogP contribution in [0.25, 0.3) is 0 Å². The molecule has 0 N–H and O–H groups in total. The van der Waals surface area contributed by atoms with E-state index in [1.807, 2.05) is 6.07 Å². The van der Waals surface area contributed by atoms with Crippen LogP contribution in [0.4, 0.5) is 0 Å². The van der Waals surface area contributed by atoms with Crippen LogP contribution in [0.2, 0.25) is 0 Å². The molecule has 0 radical (unpaired) electrons. The standard InChI is InChI=1S/C18H26N2O/c1-4-11-20(15(5-2)13-19)16-9-10-17-14(12-16)7-6-8-18(17)21-3/h6-8,15-16H,4-5,9-12H2,1-3H3. The minimum atomic E-state index is 0.0436. The van der Waals surface area contributed by atoms with Gasteiger partial charge in [-0.2, -0.15) is 5.26 Å². The average Bonchev–Trinajstić information content (AvgIpc) is 2.54. The van der Waals surface area contributed by atoms with E-state index in [0.29, 0.717) is 6.04 Å². The van der Waals surface area contributed by atoms with Crippen molar-refractivity contribution in [3.63, 3.8) is 0 Å². The maximum atomic E-state index is 9.42. The quantitative estimate of drug-likeness (QED) is 0.802. The number of methoxy groups -OCH3 is 1. The number of hydrogen-bond donors (Lipinski definition) is 0. The van der Waals surface area contributed by atoms with Crippen LogP contribution in [0.1, 0.15) is 44.2 Å². The van der Waals surface area contributed by atoms with Crippen LogP contribution in [-0.4, -0.2) is 30.6 Å². The predicted octanol–water partition coefficient (Wildman–Crippen LogP) is 3.57. The van der Waals surface area contributed by atoms with Crippen LogP contribution >= 0.6 is 0 Å². The van der Waals surface area contributed by atoms with Gasteiger partial charge in [0.1, 0.15) is 5.75 Å². The largest absolute Gasteiger partial charge is 0.496 e. The number of nitrogens with zero attached hydrogens (tertiary/aromatic N) is 2. The Labute approximate surface area is 128 Å². The van der Waals surface area contributed by atoms with Crippen molar-refractivity contribution in [3.05, 3.63) is 29.3 Å². The van der Waals surface area contributed by atoms with E-state index in [2.05, 4.69) is 36.9 Å². The van der Waals surface area contributed by atoms with Crippen LogP contribution in [0.3, 0.4) is 0 Å². The van der Waals surface area contributed by atoms with Crippen LogP contribution in [0.5, 0.6) is 5.75 Å². The zero-order valence-corrected chi connectivity index (χ0v) is 13.4. The van der Waals surface area contributed by atoms with Crippen molar-refractivity contribution in [1.29, 1.82) is 5.26 Å². The maximum Gasteiger partial charge on any atom is 0.122 e. The summed E-state index contributed by atoms with van der Waals surface area (Å²) < 4.78 is 5.48. The second-order valence-electron chi connectivity index (χ2n) is 5.79. The lowest BCUT2D eigenvalue weighted by atomic mass is 9.86. The van der Waals surface area contributed by atoms with Crippen LogP contribution < -0.4 is 4.74 Å². The summed E-state index contributed by atoms with van der Waals surface area (Å²) in [6, 6.07) is 9.34. The molecule has 0 saturated heterocycles. The molecule has 21 heavy (non-hydrogen) atoms. The average molecular weight is 286 g/mol. The van der Waals surface area contributed by atoms with Crippen molar-refractivity contribution in [2.75, 3.05) is 13.7 Å². The van der Waals surface area contributed by atoms with E-state index in [9.17, 15) is 5.26 Å². The van der Waals surface area contributed by atoms with Crippen molar-refractivity contribution in [1.82, 2.24) is 4.90 Å². The van der Waals surface area contributed by atoms with Gasteiger partial charge in [-0.1, -0.05) is 26.0 Å². The lowest BCUT2D eigenvalue weighted by molar-refractivity contribution is 0.145. The second kappa shape index (κ2) is 7.47. The summed E-state index contributed by atoms with van der Waals surface area (Å²) in [4.78, 5) is 2.42. The zero-order chi connectivity index (χ0) is 15.2. The van der Waals surface area contributed by atoms with Gasteiger partial charge in [-0.15, -0.1) is 0 Å². The molecule has 0 fully saturated rings. The van der Waals surface area contributed by atoms with E-state index in [1.165, 1.54) is 11.1 Å². The summed E-state index contributed by atoms with van der Waals surface area (Å²) >= 11 is 0. The number of fused-ring (bicyclic) bond motifs is 1. The molecule has 2 unspecified atom stereocenters. The number of nitriles is 1. The smallest absolute Gasteiger partial charge is 0.122 e. The first-order valence-electron chi connectivity index (χ1n) is 8.05. The van der Waals surface area contributed by atoms with Gasteiger partial charge >= 0.3 is 0 Å². The summed E-state index contributed by atoms with van der Waals surface area (Å²) in [5.74, 6) is 1.01. The highest BCUT2D eigenvalue weighted by atomic mass is 16.5. The van der Waals surface area contributed by atoms with Crippen molar-refractivity contribution in [2.24, 2.45) is 0 Å². The van der Waals surface area contributed by atoms with Gasteiger partial charge in [0.2, 0.25) is 0 Å². The third-order valence-corrected chi connectivity index (χ3v) is 4.52. The molecule has 3 heteroatoms. The molecule has 1 aliphatic carbocycles. The fraction of sp³-hybridized carbons (Fsp3) is 0.611. The SMILES string of the molecule is CCCN(C(C#N)CC)C1CCc2c(cccc2OC)C1. The van der Waals surface area contributed by atoms with E-state index in [-0.39, 0.29) is 6.04 Å². The normalized spacial score (nSPS) is 18.9. The molecule has 1 aromatic carbocycles. The Morgan fingerprint density at radius 2 is 2.24 bits per heavy atom. The topological polar surface area (TPSA) is 36.3 Å². The van der Waals surface area contributed by atoms with E-state index in [0.717, 1.165) is 44.4 Å². The molecule has 1 aromatic rings. The fourth-order valence-corrected chi connectivity index (χ4v) is 3.48. The van der Waals surface area contributed by atoms with Gasteiger partial charge in [-0.25, -0.2) is 0 Å². The Morgan fingerprint density at radius 3 is 2.86 bits per heavy atom. The highest BCUT2D eigenvalue weighted by Gasteiger charge is 2.29. The molecule has 0 aromatic heterocycles. The second-order valence-corrected chi connectivity index (χ2v) is 5.79. The first-order chi connectivity index (χ1) is 10.2. The minimum Gasteiger partial charge on any atom is -0.496 e. The van der Waals surface area contributed by atoms with Gasteiger partial charge in [-0.05, 0) is 55.8 Å². The first kappa shape index (κ1) is 15.9. The van der Waals surface area contributed by atoms with E-state index >= 15 is 0 Å². The van der Waals surface area contributed by atoms with Crippen LogP contribution in [0, 0.1) is 11.3 Å². The highest BCUT2D eigenvalue weighted by Crippen LogP contribution is 2.32. The molecule has 0 heterocycles. The summed E-state index contributed by atoms with van der Waals surface area (Å²) in [7, 11) is 1.74. The van der Waals surface area contributed by atoms with Gasteiger partial charge < -0.3 is 4.74 Å². The predicted molar refractivity (Wildman–Crippen MR) is 85.5 cm³/mol. The Kier molecular flexibility index (Phi) is 5.64.